The van der Waals surface area contributed by atoms with E-state index in [1.165, 1.54) is 7.11 Å². The summed E-state index contributed by atoms with van der Waals surface area (Å²) < 4.78 is 4.72. The summed E-state index contributed by atoms with van der Waals surface area (Å²) in [4.78, 5) is 24.5. The molecular formula is C12H25N3O4. The zero-order valence-corrected chi connectivity index (χ0v) is 11.9. The highest BCUT2D eigenvalue weighted by Crippen LogP contribution is 1.90. The van der Waals surface area contributed by atoms with E-state index in [2.05, 4.69) is 29.4 Å². The maximum absolute atomic E-state index is 11.5. The van der Waals surface area contributed by atoms with Gasteiger partial charge in [0.05, 0.1) is 6.61 Å². The van der Waals surface area contributed by atoms with E-state index in [9.17, 15) is 9.59 Å². The van der Waals surface area contributed by atoms with Crippen molar-refractivity contribution in [3.05, 3.63) is 0 Å². The number of methoxy groups -OCH3 is 1. The van der Waals surface area contributed by atoms with Crippen LogP contribution in [0.15, 0.2) is 0 Å². The number of nitrogens with zero attached hydrogens (tertiary/aromatic N) is 1. The normalized spacial score (nSPS) is 12.2. The molecule has 0 spiro atoms. The Kier molecular flexibility index (Phi) is 9.82. The molecule has 1 unspecified atom stereocenters. The van der Waals surface area contributed by atoms with Gasteiger partial charge in [0, 0.05) is 13.7 Å². The molecule has 0 fully saturated rings. The summed E-state index contributed by atoms with van der Waals surface area (Å²) in [6.07, 6.45) is 0.830. The topological polar surface area (TPSA) is 90.9 Å². The Morgan fingerprint density at radius 2 is 1.95 bits per heavy atom. The van der Waals surface area contributed by atoms with Gasteiger partial charge >= 0.3 is 12.0 Å². The Morgan fingerprint density at radius 1 is 1.32 bits per heavy atom. The molecule has 112 valence electrons. The maximum Gasteiger partial charge on any atom is 0.328 e. The van der Waals surface area contributed by atoms with E-state index in [1.54, 1.807) is 0 Å². The summed E-state index contributed by atoms with van der Waals surface area (Å²) in [7, 11) is 1.39. The number of hydrogen-bond acceptors (Lipinski definition) is 4. The van der Waals surface area contributed by atoms with Crippen LogP contribution in [0.4, 0.5) is 4.79 Å². The predicted octanol–water partition coefficient (Wildman–Crippen LogP) is 0.117. The molecule has 0 aromatic heterocycles. The lowest BCUT2D eigenvalue weighted by molar-refractivity contribution is -0.140. The van der Waals surface area contributed by atoms with Crippen molar-refractivity contribution in [3.8, 4) is 0 Å². The van der Waals surface area contributed by atoms with Crippen LogP contribution in [0.1, 0.15) is 20.3 Å². The largest absolute Gasteiger partial charge is 0.480 e. The number of carboxylic acid groups (broad SMARTS) is 1. The molecule has 0 aliphatic carbocycles. The maximum atomic E-state index is 11.5. The number of nitrogens with one attached hydrogen (secondary N) is 2. The van der Waals surface area contributed by atoms with Gasteiger partial charge in [0.2, 0.25) is 0 Å². The number of amides is 2. The monoisotopic (exact) mass is 275 g/mol. The molecule has 0 aliphatic rings. The minimum atomic E-state index is -1.11. The van der Waals surface area contributed by atoms with Gasteiger partial charge < -0.3 is 25.4 Å². The van der Waals surface area contributed by atoms with Crippen LogP contribution in [0.2, 0.25) is 0 Å². The molecule has 0 saturated carbocycles. The summed E-state index contributed by atoms with van der Waals surface area (Å²) in [6, 6.07) is -1.50. The van der Waals surface area contributed by atoms with Crippen LogP contribution >= 0.6 is 0 Å². The molecule has 0 saturated heterocycles. The first-order chi connectivity index (χ1) is 9.04. The lowest BCUT2D eigenvalue weighted by Gasteiger charge is -2.18. The van der Waals surface area contributed by atoms with E-state index in [-0.39, 0.29) is 6.61 Å². The minimum absolute atomic E-state index is 0.0534. The van der Waals surface area contributed by atoms with Crippen LogP contribution in [-0.4, -0.2) is 67.9 Å². The fraction of sp³-hybridized carbons (Fsp3) is 0.833. The third-order valence-electron chi connectivity index (χ3n) is 2.77. The number of carboxylic acids is 1. The second kappa shape index (κ2) is 10.6. The van der Waals surface area contributed by atoms with Crippen LogP contribution in [-0.2, 0) is 9.53 Å². The Hall–Kier alpha value is -1.34. The van der Waals surface area contributed by atoms with E-state index in [0.717, 1.165) is 26.1 Å². The molecule has 0 heterocycles. The fourth-order valence-electron chi connectivity index (χ4n) is 1.60. The van der Waals surface area contributed by atoms with Crippen LogP contribution < -0.4 is 10.6 Å². The molecule has 7 nitrogen and oxygen atoms in total. The molecule has 0 aromatic carbocycles. The number of urea groups is 1. The molecule has 19 heavy (non-hydrogen) atoms. The Morgan fingerprint density at radius 3 is 2.42 bits per heavy atom. The van der Waals surface area contributed by atoms with Gasteiger partial charge in [-0.25, -0.2) is 9.59 Å². The zero-order chi connectivity index (χ0) is 14.7. The summed E-state index contributed by atoms with van der Waals surface area (Å²) in [5.41, 5.74) is 0. The third kappa shape index (κ3) is 8.39. The van der Waals surface area contributed by atoms with Crippen LogP contribution in [0.5, 0.6) is 0 Å². The number of rotatable bonds is 10. The van der Waals surface area contributed by atoms with Crippen molar-refractivity contribution < 1.29 is 19.4 Å². The molecule has 0 radical (unpaired) electrons. The molecular weight excluding hydrogens is 250 g/mol. The van der Waals surface area contributed by atoms with Gasteiger partial charge in [-0.15, -0.1) is 0 Å². The van der Waals surface area contributed by atoms with E-state index in [4.69, 9.17) is 9.84 Å². The molecule has 7 heteroatoms. The molecule has 0 aliphatic heterocycles. The lowest BCUT2D eigenvalue weighted by Crippen LogP contribution is -2.48. The van der Waals surface area contributed by atoms with Gasteiger partial charge in [0.25, 0.3) is 0 Å². The first-order valence-corrected chi connectivity index (χ1v) is 6.53. The molecule has 0 rings (SSSR count). The SMILES string of the molecule is CCN(CC)CCCNC(=O)NC(COC)C(=O)O. The van der Waals surface area contributed by atoms with Crippen molar-refractivity contribution in [2.75, 3.05) is 39.9 Å². The molecule has 1 atom stereocenters. The summed E-state index contributed by atoms with van der Waals surface area (Å²) in [6.45, 7) is 7.52. The van der Waals surface area contributed by atoms with Gasteiger partial charge in [0.1, 0.15) is 0 Å². The van der Waals surface area contributed by atoms with Gasteiger partial charge in [-0.1, -0.05) is 13.8 Å². The molecule has 2 amide bonds. The highest BCUT2D eigenvalue weighted by Gasteiger charge is 2.19. The van der Waals surface area contributed by atoms with Gasteiger partial charge in [-0.2, -0.15) is 0 Å². The number of carbonyl (C=O) groups is 2. The van der Waals surface area contributed by atoms with Gasteiger partial charge in [-0.05, 0) is 26.1 Å². The van der Waals surface area contributed by atoms with Crippen molar-refractivity contribution in [3.63, 3.8) is 0 Å². The van der Waals surface area contributed by atoms with Crippen molar-refractivity contribution in [1.82, 2.24) is 15.5 Å². The first kappa shape index (κ1) is 17.7. The standard InChI is InChI=1S/C12H25N3O4/c1-4-15(5-2)8-6-7-13-12(18)14-10(9-19-3)11(16)17/h10H,4-9H2,1-3H3,(H,16,17)(H2,13,14,18). The molecule has 0 aromatic rings. The Bertz CT molecular complexity index is 270. The number of aliphatic carboxylic acids is 1. The average molecular weight is 275 g/mol. The number of hydrogen-bond donors (Lipinski definition) is 3. The lowest BCUT2D eigenvalue weighted by atomic mass is 10.3. The predicted molar refractivity (Wildman–Crippen MR) is 72.2 cm³/mol. The van der Waals surface area contributed by atoms with Gasteiger partial charge in [0.15, 0.2) is 6.04 Å². The van der Waals surface area contributed by atoms with Crippen molar-refractivity contribution in [1.29, 1.82) is 0 Å². The van der Waals surface area contributed by atoms with Gasteiger partial charge in [-0.3, -0.25) is 0 Å². The number of carbonyl (C=O) groups excluding carboxylic acids is 1. The summed E-state index contributed by atoms with van der Waals surface area (Å²) >= 11 is 0. The van der Waals surface area contributed by atoms with Crippen molar-refractivity contribution >= 4 is 12.0 Å². The Balaban J connectivity index is 3.82. The second-order valence-electron chi connectivity index (χ2n) is 4.13. The average Bonchev–Trinajstić information content (AvgIpc) is 2.38. The fourth-order valence-corrected chi connectivity index (χ4v) is 1.60. The quantitative estimate of drug-likeness (QED) is 0.493. The number of ether oxygens (including phenoxy) is 1. The van der Waals surface area contributed by atoms with E-state index >= 15 is 0 Å². The minimum Gasteiger partial charge on any atom is -0.480 e. The molecule has 0 bridgehead atoms. The Labute approximate surface area is 114 Å². The highest BCUT2D eigenvalue weighted by atomic mass is 16.5. The third-order valence-corrected chi connectivity index (χ3v) is 2.77. The van der Waals surface area contributed by atoms with Crippen LogP contribution in [0, 0.1) is 0 Å². The summed E-state index contributed by atoms with van der Waals surface area (Å²) in [5.74, 6) is -1.11. The van der Waals surface area contributed by atoms with Crippen molar-refractivity contribution in [2.45, 2.75) is 26.3 Å². The van der Waals surface area contributed by atoms with E-state index in [0.29, 0.717) is 6.54 Å². The van der Waals surface area contributed by atoms with Crippen molar-refractivity contribution in [2.24, 2.45) is 0 Å². The summed E-state index contributed by atoms with van der Waals surface area (Å²) in [5, 5.41) is 13.8. The van der Waals surface area contributed by atoms with E-state index in [1.807, 2.05) is 0 Å². The van der Waals surface area contributed by atoms with Crippen LogP contribution in [0.25, 0.3) is 0 Å². The smallest absolute Gasteiger partial charge is 0.328 e. The molecule has 3 N–H and O–H groups in total. The first-order valence-electron chi connectivity index (χ1n) is 6.53. The zero-order valence-electron chi connectivity index (χ0n) is 11.9. The van der Waals surface area contributed by atoms with E-state index < -0.39 is 18.0 Å². The van der Waals surface area contributed by atoms with Crippen LogP contribution in [0.3, 0.4) is 0 Å². The second-order valence-corrected chi connectivity index (χ2v) is 4.13. The highest BCUT2D eigenvalue weighted by molar-refractivity contribution is 5.82.